The van der Waals surface area contributed by atoms with Gasteiger partial charge in [0.2, 0.25) is 17.6 Å². The second kappa shape index (κ2) is 8.90. The van der Waals surface area contributed by atoms with Crippen molar-refractivity contribution < 1.29 is 31.6 Å². The number of hydrogen-bond acceptors (Lipinski definition) is 7. The van der Waals surface area contributed by atoms with E-state index < -0.39 is 18.2 Å². The minimum absolute atomic E-state index is 0.0283. The van der Waals surface area contributed by atoms with Gasteiger partial charge in [-0.15, -0.1) is 13.2 Å². The molecule has 11 heteroatoms. The summed E-state index contributed by atoms with van der Waals surface area (Å²) in [7, 11) is 0. The number of carbonyl (C=O) groups is 1. The molecule has 0 saturated carbocycles. The molecule has 3 heterocycles. The average Bonchev–Trinajstić information content (AvgIpc) is 3.59. The van der Waals surface area contributed by atoms with E-state index in [0.717, 1.165) is 5.56 Å². The van der Waals surface area contributed by atoms with Crippen LogP contribution in [0.25, 0.3) is 22.8 Å². The van der Waals surface area contributed by atoms with Gasteiger partial charge in [0.25, 0.3) is 5.91 Å². The van der Waals surface area contributed by atoms with Gasteiger partial charge in [0.15, 0.2) is 0 Å². The SMILES string of the molecule is Cc1ccc(-c2ncco2)c(C(=O)N2CCCC2c2nc(-c3ccccc3OC(F)(F)F)no2)c1. The third-order valence-electron chi connectivity index (χ3n) is 5.66. The predicted octanol–water partition coefficient (Wildman–Crippen LogP) is 5.58. The summed E-state index contributed by atoms with van der Waals surface area (Å²) in [5.41, 5.74) is 1.89. The number of benzene rings is 2. The van der Waals surface area contributed by atoms with E-state index >= 15 is 0 Å². The van der Waals surface area contributed by atoms with Crippen LogP contribution in [0.2, 0.25) is 0 Å². The Hall–Kier alpha value is -4.15. The third-order valence-corrected chi connectivity index (χ3v) is 5.66. The van der Waals surface area contributed by atoms with Crippen LogP contribution < -0.4 is 4.74 Å². The van der Waals surface area contributed by atoms with Crippen molar-refractivity contribution in [2.24, 2.45) is 0 Å². The minimum atomic E-state index is -4.87. The fourth-order valence-corrected chi connectivity index (χ4v) is 4.14. The molecule has 1 atom stereocenters. The van der Waals surface area contributed by atoms with Crippen molar-refractivity contribution in [3.63, 3.8) is 0 Å². The van der Waals surface area contributed by atoms with Crippen molar-refractivity contribution in [2.75, 3.05) is 6.54 Å². The highest BCUT2D eigenvalue weighted by Gasteiger charge is 2.37. The Labute approximate surface area is 197 Å². The Morgan fingerprint density at radius 3 is 2.77 bits per heavy atom. The van der Waals surface area contributed by atoms with Crippen LogP contribution in [0.4, 0.5) is 13.2 Å². The summed E-state index contributed by atoms with van der Waals surface area (Å²) in [5, 5.41) is 3.86. The highest BCUT2D eigenvalue weighted by molar-refractivity contribution is 6.00. The average molecular weight is 484 g/mol. The Morgan fingerprint density at radius 1 is 1.17 bits per heavy atom. The normalized spacial score (nSPS) is 16.0. The molecule has 0 N–H and O–H groups in total. The molecule has 0 bridgehead atoms. The highest BCUT2D eigenvalue weighted by atomic mass is 19.4. The van der Waals surface area contributed by atoms with Gasteiger partial charge >= 0.3 is 6.36 Å². The lowest BCUT2D eigenvalue weighted by atomic mass is 10.0. The quantitative estimate of drug-likeness (QED) is 0.365. The van der Waals surface area contributed by atoms with Crippen molar-refractivity contribution >= 4 is 5.91 Å². The molecule has 4 aromatic rings. The number of nitrogens with zero attached hydrogens (tertiary/aromatic N) is 4. The number of amides is 1. The summed E-state index contributed by atoms with van der Waals surface area (Å²) in [6.45, 7) is 2.33. The maximum atomic E-state index is 13.6. The van der Waals surface area contributed by atoms with Gasteiger partial charge in [-0.1, -0.05) is 28.9 Å². The molecule has 5 rings (SSSR count). The number of likely N-dealkylation sites (tertiary alicyclic amines) is 1. The molecule has 8 nitrogen and oxygen atoms in total. The zero-order valence-corrected chi connectivity index (χ0v) is 18.5. The van der Waals surface area contributed by atoms with Crippen molar-refractivity contribution in [2.45, 2.75) is 32.2 Å². The van der Waals surface area contributed by atoms with Gasteiger partial charge in [-0.05, 0) is 44.0 Å². The topological polar surface area (TPSA) is 94.5 Å². The number of ether oxygens (including phenoxy) is 1. The molecule has 1 fully saturated rings. The number of aromatic nitrogens is 3. The van der Waals surface area contributed by atoms with E-state index in [1.165, 1.54) is 30.7 Å². The van der Waals surface area contributed by atoms with Crippen LogP contribution >= 0.6 is 0 Å². The first kappa shape index (κ1) is 22.6. The molecule has 0 spiro atoms. The summed E-state index contributed by atoms with van der Waals surface area (Å²) in [6.07, 6.45) is -0.674. The molecule has 1 unspecified atom stereocenters. The van der Waals surface area contributed by atoms with E-state index in [0.29, 0.717) is 36.4 Å². The van der Waals surface area contributed by atoms with Crippen LogP contribution in [-0.2, 0) is 0 Å². The first-order valence-electron chi connectivity index (χ1n) is 10.8. The van der Waals surface area contributed by atoms with E-state index in [4.69, 9.17) is 8.94 Å². The summed E-state index contributed by atoms with van der Waals surface area (Å²) in [4.78, 5) is 23.7. The molecular weight excluding hydrogens is 465 g/mol. The van der Waals surface area contributed by atoms with Crippen LogP contribution in [0.1, 0.15) is 40.7 Å². The lowest BCUT2D eigenvalue weighted by molar-refractivity contribution is -0.274. The third kappa shape index (κ3) is 4.61. The lowest BCUT2D eigenvalue weighted by Crippen LogP contribution is -2.31. The van der Waals surface area contributed by atoms with Crippen molar-refractivity contribution in [3.8, 4) is 28.6 Å². The van der Waals surface area contributed by atoms with Crippen LogP contribution in [0.15, 0.2) is 63.9 Å². The first-order valence-corrected chi connectivity index (χ1v) is 10.8. The number of oxazole rings is 1. The number of carbonyl (C=O) groups excluding carboxylic acids is 1. The maximum Gasteiger partial charge on any atom is 0.573 e. The second-order valence-corrected chi connectivity index (χ2v) is 8.04. The van der Waals surface area contributed by atoms with Gasteiger partial charge in [-0.3, -0.25) is 4.79 Å². The first-order chi connectivity index (χ1) is 16.8. The predicted molar refractivity (Wildman–Crippen MR) is 116 cm³/mol. The fraction of sp³-hybridized carbons (Fsp3) is 0.250. The van der Waals surface area contributed by atoms with Gasteiger partial charge in [-0.2, -0.15) is 4.98 Å². The molecule has 1 aliphatic heterocycles. The van der Waals surface area contributed by atoms with Gasteiger partial charge in [0.1, 0.15) is 18.1 Å². The molecule has 0 aliphatic carbocycles. The van der Waals surface area contributed by atoms with Gasteiger partial charge < -0.3 is 18.6 Å². The maximum absolute atomic E-state index is 13.6. The smallest absolute Gasteiger partial charge is 0.445 e. The summed E-state index contributed by atoms with van der Waals surface area (Å²) in [6, 6.07) is 10.4. The molecule has 2 aromatic carbocycles. The molecule has 180 valence electrons. The van der Waals surface area contributed by atoms with Crippen molar-refractivity contribution in [1.29, 1.82) is 0 Å². The number of aryl methyl sites for hydroxylation is 1. The molecule has 1 amide bonds. The standard InChI is InChI=1S/C24H19F3N4O4/c1-14-8-9-15(21-28-10-12-33-21)17(13-14)23(32)31-11-4-6-18(31)22-29-20(30-35-22)16-5-2-3-7-19(16)34-24(25,26)27/h2-3,5,7-10,12-13,18H,4,6,11H2,1H3. The van der Waals surface area contributed by atoms with E-state index in [1.807, 2.05) is 13.0 Å². The second-order valence-electron chi connectivity index (χ2n) is 8.04. The number of alkyl halides is 3. The summed E-state index contributed by atoms with van der Waals surface area (Å²) in [5.74, 6) is -0.300. The Kier molecular flexibility index (Phi) is 5.75. The molecule has 0 radical (unpaired) electrons. The monoisotopic (exact) mass is 484 g/mol. The highest BCUT2D eigenvalue weighted by Crippen LogP contribution is 2.37. The molecule has 2 aromatic heterocycles. The zero-order chi connectivity index (χ0) is 24.6. The Bertz CT molecular complexity index is 1350. The molecule has 35 heavy (non-hydrogen) atoms. The fourth-order valence-electron chi connectivity index (χ4n) is 4.14. The van der Waals surface area contributed by atoms with Crippen LogP contribution in [0.3, 0.4) is 0 Å². The van der Waals surface area contributed by atoms with E-state index in [-0.39, 0.29) is 23.2 Å². The molecular formula is C24H19F3N4O4. The number of para-hydroxylation sites is 1. The largest absolute Gasteiger partial charge is 0.573 e. The zero-order valence-electron chi connectivity index (χ0n) is 18.5. The van der Waals surface area contributed by atoms with Gasteiger partial charge in [0.05, 0.1) is 17.3 Å². The van der Waals surface area contributed by atoms with Crippen LogP contribution in [0.5, 0.6) is 5.75 Å². The molecule has 1 aliphatic rings. The van der Waals surface area contributed by atoms with E-state index in [9.17, 15) is 18.0 Å². The Morgan fingerprint density at radius 2 is 2.00 bits per heavy atom. The van der Waals surface area contributed by atoms with Crippen LogP contribution in [-0.4, -0.2) is 38.8 Å². The van der Waals surface area contributed by atoms with E-state index in [2.05, 4.69) is 19.9 Å². The summed E-state index contributed by atoms with van der Waals surface area (Å²) < 4.78 is 53.3. The van der Waals surface area contributed by atoms with Gasteiger partial charge in [0, 0.05) is 12.1 Å². The minimum Gasteiger partial charge on any atom is -0.445 e. The van der Waals surface area contributed by atoms with Crippen molar-refractivity contribution in [3.05, 3.63) is 71.9 Å². The number of halogens is 3. The lowest BCUT2D eigenvalue weighted by Gasteiger charge is -2.23. The summed E-state index contributed by atoms with van der Waals surface area (Å²) >= 11 is 0. The number of hydrogen-bond donors (Lipinski definition) is 0. The Balaban J connectivity index is 1.45. The van der Waals surface area contributed by atoms with E-state index in [1.54, 1.807) is 23.1 Å². The van der Waals surface area contributed by atoms with Gasteiger partial charge in [-0.25, -0.2) is 4.98 Å². The van der Waals surface area contributed by atoms with Crippen LogP contribution in [0, 0.1) is 6.92 Å². The number of rotatable bonds is 5. The molecule has 1 saturated heterocycles. The van der Waals surface area contributed by atoms with Crippen molar-refractivity contribution in [1.82, 2.24) is 20.0 Å².